The van der Waals surface area contributed by atoms with Crippen molar-refractivity contribution in [1.82, 2.24) is 0 Å². The molecule has 1 heterocycles. The van der Waals surface area contributed by atoms with Crippen LogP contribution < -0.4 is 0 Å². The van der Waals surface area contributed by atoms with Crippen molar-refractivity contribution in [2.24, 2.45) is 5.11 Å². The normalized spacial score (nSPS) is 8.90. The highest BCUT2D eigenvalue weighted by Gasteiger charge is 1.97. The van der Waals surface area contributed by atoms with Gasteiger partial charge in [0.15, 0.2) is 0 Å². The summed E-state index contributed by atoms with van der Waals surface area (Å²) in [6.45, 7) is 0.354. The van der Waals surface area contributed by atoms with Crippen LogP contribution >= 0.6 is 22.9 Å². The van der Waals surface area contributed by atoms with Crippen LogP contribution in [0.4, 0.5) is 0 Å². The van der Waals surface area contributed by atoms with Crippen molar-refractivity contribution < 1.29 is 0 Å². The van der Waals surface area contributed by atoms with Gasteiger partial charge in [-0.3, -0.25) is 0 Å². The standard InChI is InChI=1S/C5H4ClN3S/c6-4-1-2-10-5(4)3-8-9-7/h1-2H,3H2. The Morgan fingerprint density at radius 2 is 2.60 bits per heavy atom. The summed E-state index contributed by atoms with van der Waals surface area (Å²) in [6.07, 6.45) is 0. The van der Waals surface area contributed by atoms with E-state index < -0.39 is 0 Å². The van der Waals surface area contributed by atoms with E-state index in [1.165, 1.54) is 11.3 Å². The first-order valence-corrected chi connectivity index (χ1v) is 3.83. The molecule has 0 aliphatic carbocycles. The Balaban J connectivity index is 2.74. The molecule has 0 unspecified atom stereocenters. The average molecular weight is 174 g/mol. The Morgan fingerprint density at radius 1 is 1.80 bits per heavy atom. The van der Waals surface area contributed by atoms with Gasteiger partial charge >= 0.3 is 0 Å². The molecule has 1 aromatic heterocycles. The highest BCUT2D eigenvalue weighted by atomic mass is 35.5. The molecule has 5 heteroatoms. The van der Waals surface area contributed by atoms with Gasteiger partial charge in [-0.25, -0.2) is 0 Å². The van der Waals surface area contributed by atoms with Gasteiger partial charge in [0.05, 0.1) is 11.6 Å². The van der Waals surface area contributed by atoms with Crippen LogP contribution in [-0.4, -0.2) is 0 Å². The number of nitrogens with zero attached hydrogens (tertiary/aromatic N) is 3. The Morgan fingerprint density at radius 3 is 3.10 bits per heavy atom. The third-order valence-electron chi connectivity index (χ3n) is 0.969. The zero-order valence-electron chi connectivity index (χ0n) is 4.99. The molecular weight excluding hydrogens is 170 g/mol. The van der Waals surface area contributed by atoms with Crippen LogP contribution in [-0.2, 0) is 6.54 Å². The maximum atomic E-state index is 7.98. The highest BCUT2D eigenvalue weighted by Crippen LogP contribution is 2.22. The molecule has 0 N–H and O–H groups in total. The van der Waals surface area contributed by atoms with Gasteiger partial charge in [-0.05, 0) is 17.0 Å². The molecule has 52 valence electrons. The van der Waals surface area contributed by atoms with Crippen LogP contribution in [0.3, 0.4) is 0 Å². The van der Waals surface area contributed by atoms with Gasteiger partial charge < -0.3 is 0 Å². The molecule has 0 aliphatic heterocycles. The third-order valence-corrected chi connectivity index (χ3v) is 2.34. The second-order valence-corrected chi connectivity index (χ2v) is 2.99. The van der Waals surface area contributed by atoms with Crippen LogP contribution in [0.2, 0.25) is 5.02 Å². The lowest BCUT2D eigenvalue weighted by Crippen LogP contribution is -1.70. The van der Waals surface area contributed by atoms with E-state index >= 15 is 0 Å². The molecule has 0 aromatic carbocycles. The number of hydrogen-bond donors (Lipinski definition) is 0. The topological polar surface area (TPSA) is 48.8 Å². The minimum absolute atomic E-state index is 0.354. The third kappa shape index (κ3) is 1.64. The first-order chi connectivity index (χ1) is 4.84. The number of halogens is 1. The quantitative estimate of drug-likeness (QED) is 0.375. The van der Waals surface area contributed by atoms with Crippen LogP contribution in [0.25, 0.3) is 10.4 Å². The zero-order valence-corrected chi connectivity index (χ0v) is 6.56. The molecule has 10 heavy (non-hydrogen) atoms. The fourth-order valence-corrected chi connectivity index (χ4v) is 1.55. The molecule has 3 nitrogen and oxygen atoms in total. The summed E-state index contributed by atoms with van der Waals surface area (Å²) in [5.41, 5.74) is 7.98. The van der Waals surface area contributed by atoms with E-state index in [0.717, 1.165) is 4.88 Å². The van der Waals surface area contributed by atoms with Gasteiger partial charge in [0.25, 0.3) is 0 Å². The van der Waals surface area contributed by atoms with Crippen molar-refractivity contribution in [2.75, 3.05) is 0 Å². The summed E-state index contributed by atoms with van der Waals surface area (Å²) in [5.74, 6) is 0. The van der Waals surface area contributed by atoms with Crippen LogP contribution in [0, 0.1) is 0 Å². The van der Waals surface area contributed by atoms with E-state index in [1.807, 2.05) is 5.38 Å². The van der Waals surface area contributed by atoms with Crippen molar-refractivity contribution in [2.45, 2.75) is 6.54 Å². The van der Waals surface area contributed by atoms with Gasteiger partial charge in [-0.15, -0.1) is 11.3 Å². The first kappa shape index (κ1) is 7.41. The fraction of sp³-hybridized carbons (Fsp3) is 0.200. The van der Waals surface area contributed by atoms with Crippen molar-refractivity contribution in [3.8, 4) is 0 Å². The number of rotatable bonds is 2. The van der Waals surface area contributed by atoms with Crippen molar-refractivity contribution in [3.63, 3.8) is 0 Å². The molecule has 0 spiro atoms. The summed E-state index contributed by atoms with van der Waals surface area (Å²) >= 11 is 7.20. The van der Waals surface area contributed by atoms with Crippen LogP contribution in [0.5, 0.6) is 0 Å². The van der Waals surface area contributed by atoms with E-state index in [-0.39, 0.29) is 0 Å². The van der Waals surface area contributed by atoms with Gasteiger partial charge in [-0.1, -0.05) is 16.7 Å². The molecule has 0 aliphatic rings. The van der Waals surface area contributed by atoms with E-state index in [1.54, 1.807) is 6.07 Å². The summed E-state index contributed by atoms with van der Waals surface area (Å²) in [4.78, 5) is 3.54. The molecule has 0 radical (unpaired) electrons. The van der Waals surface area contributed by atoms with Crippen LogP contribution in [0.1, 0.15) is 4.88 Å². The number of azide groups is 1. The molecule has 0 atom stereocenters. The number of thiophene rings is 1. The molecular formula is C5H4ClN3S. The van der Waals surface area contributed by atoms with Crippen molar-refractivity contribution in [1.29, 1.82) is 0 Å². The Hall–Kier alpha value is -0.700. The number of hydrogen-bond acceptors (Lipinski definition) is 2. The van der Waals surface area contributed by atoms with E-state index in [9.17, 15) is 0 Å². The van der Waals surface area contributed by atoms with Gasteiger partial charge in [0, 0.05) is 9.79 Å². The smallest absolute Gasteiger partial charge is 0.0619 e. The first-order valence-electron chi connectivity index (χ1n) is 2.57. The second kappa shape index (κ2) is 3.46. The maximum Gasteiger partial charge on any atom is 0.0619 e. The lowest BCUT2D eigenvalue weighted by Gasteiger charge is -1.86. The fourth-order valence-electron chi connectivity index (χ4n) is 0.534. The van der Waals surface area contributed by atoms with E-state index in [2.05, 4.69) is 10.0 Å². The summed E-state index contributed by atoms with van der Waals surface area (Å²) in [7, 11) is 0. The van der Waals surface area contributed by atoms with Gasteiger partial charge in [0.1, 0.15) is 0 Å². The maximum absolute atomic E-state index is 7.98. The molecule has 1 aromatic rings. The molecule has 0 saturated carbocycles. The molecule has 0 fully saturated rings. The minimum Gasteiger partial charge on any atom is -0.147 e. The molecule has 0 amide bonds. The van der Waals surface area contributed by atoms with Crippen molar-refractivity contribution in [3.05, 3.63) is 31.8 Å². The predicted octanol–water partition coefficient (Wildman–Crippen LogP) is 3.21. The SMILES string of the molecule is [N-]=[N+]=NCc1sccc1Cl. The summed E-state index contributed by atoms with van der Waals surface area (Å²) in [6, 6.07) is 1.79. The molecule has 1 rings (SSSR count). The Bertz CT molecular complexity index is 264. The van der Waals surface area contributed by atoms with Crippen LogP contribution in [0.15, 0.2) is 16.6 Å². The van der Waals surface area contributed by atoms with Gasteiger partial charge in [0.2, 0.25) is 0 Å². The minimum atomic E-state index is 0.354. The lowest BCUT2D eigenvalue weighted by atomic mass is 10.5. The summed E-state index contributed by atoms with van der Waals surface area (Å²) in [5, 5.41) is 5.93. The Kier molecular flexibility index (Phi) is 2.57. The molecule has 0 saturated heterocycles. The van der Waals surface area contributed by atoms with E-state index in [4.69, 9.17) is 17.1 Å². The monoisotopic (exact) mass is 173 g/mol. The lowest BCUT2D eigenvalue weighted by molar-refractivity contribution is 1.08. The Labute approximate surface area is 66.9 Å². The predicted molar refractivity (Wildman–Crippen MR) is 42.2 cm³/mol. The zero-order chi connectivity index (χ0) is 7.40. The highest BCUT2D eigenvalue weighted by molar-refractivity contribution is 7.10. The average Bonchev–Trinajstić information content (AvgIpc) is 2.31. The largest absolute Gasteiger partial charge is 0.147 e. The van der Waals surface area contributed by atoms with Crippen molar-refractivity contribution >= 4 is 22.9 Å². The summed E-state index contributed by atoms with van der Waals surface area (Å²) < 4.78 is 0. The second-order valence-electron chi connectivity index (χ2n) is 1.58. The van der Waals surface area contributed by atoms with Gasteiger partial charge in [-0.2, -0.15) is 0 Å². The van der Waals surface area contributed by atoms with E-state index in [0.29, 0.717) is 11.6 Å². The molecule has 0 bridgehead atoms.